The summed E-state index contributed by atoms with van der Waals surface area (Å²) in [6.45, 7) is 9.86. The van der Waals surface area contributed by atoms with E-state index in [9.17, 15) is 0 Å². The quantitative estimate of drug-likeness (QED) is 0.877. The Hall–Kier alpha value is -0.340. The van der Waals surface area contributed by atoms with E-state index in [1.165, 1.54) is 5.56 Å². The topological polar surface area (TPSA) is 12.0 Å². The smallest absolute Gasteiger partial charge is 0.0175 e. The van der Waals surface area contributed by atoms with Crippen LogP contribution in [0.2, 0.25) is 0 Å². The van der Waals surface area contributed by atoms with Gasteiger partial charge in [-0.1, -0.05) is 35.0 Å². The average Bonchev–Trinajstić information content (AvgIpc) is 2.14. The molecule has 0 aliphatic rings. The van der Waals surface area contributed by atoms with Gasteiger partial charge in [0.25, 0.3) is 0 Å². The van der Waals surface area contributed by atoms with Gasteiger partial charge < -0.3 is 5.32 Å². The second-order valence-corrected chi connectivity index (χ2v) is 6.00. The van der Waals surface area contributed by atoms with Crippen LogP contribution < -0.4 is 5.32 Å². The molecule has 15 heavy (non-hydrogen) atoms. The van der Waals surface area contributed by atoms with E-state index < -0.39 is 0 Å². The van der Waals surface area contributed by atoms with Gasteiger partial charge in [-0.25, -0.2) is 0 Å². The van der Waals surface area contributed by atoms with Gasteiger partial charge in [0.1, 0.15) is 0 Å². The van der Waals surface area contributed by atoms with E-state index in [1.54, 1.807) is 0 Å². The molecule has 1 aromatic rings. The Labute approximate surface area is 101 Å². The van der Waals surface area contributed by atoms with E-state index in [1.807, 2.05) is 0 Å². The maximum absolute atomic E-state index is 3.52. The Balaban J connectivity index is 2.54. The number of halogens is 1. The van der Waals surface area contributed by atoms with Crippen molar-refractivity contribution in [1.82, 2.24) is 5.32 Å². The van der Waals surface area contributed by atoms with Gasteiger partial charge in [0.2, 0.25) is 0 Å². The number of rotatable bonds is 3. The van der Waals surface area contributed by atoms with E-state index in [0.717, 1.165) is 11.0 Å². The zero-order valence-corrected chi connectivity index (χ0v) is 11.6. The van der Waals surface area contributed by atoms with Crippen molar-refractivity contribution in [2.75, 3.05) is 6.54 Å². The summed E-state index contributed by atoms with van der Waals surface area (Å²) in [5.74, 6) is 0.553. The molecule has 0 heterocycles. The first-order valence-corrected chi connectivity index (χ1v) is 6.18. The van der Waals surface area contributed by atoms with Crippen molar-refractivity contribution in [3.63, 3.8) is 0 Å². The molecule has 1 N–H and O–H groups in total. The van der Waals surface area contributed by atoms with Crippen molar-refractivity contribution in [3.05, 3.63) is 34.3 Å². The summed E-state index contributed by atoms with van der Waals surface area (Å²) in [5.41, 5.74) is 1.58. The predicted molar refractivity (Wildman–Crippen MR) is 70.3 cm³/mol. The van der Waals surface area contributed by atoms with Crippen LogP contribution in [0.1, 0.15) is 39.2 Å². The molecule has 0 saturated heterocycles. The van der Waals surface area contributed by atoms with Gasteiger partial charge >= 0.3 is 0 Å². The molecule has 0 aromatic heterocycles. The fourth-order valence-corrected chi connectivity index (χ4v) is 1.63. The zero-order chi connectivity index (χ0) is 11.5. The van der Waals surface area contributed by atoms with E-state index in [-0.39, 0.29) is 5.54 Å². The highest BCUT2D eigenvalue weighted by molar-refractivity contribution is 9.10. The van der Waals surface area contributed by atoms with Gasteiger partial charge in [0.15, 0.2) is 0 Å². The van der Waals surface area contributed by atoms with E-state index in [2.05, 4.69) is 73.2 Å². The van der Waals surface area contributed by atoms with Gasteiger partial charge in [-0.2, -0.15) is 0 Å². The Kier molecular flexibility index (Phi) is 4.35. The summed E-state index contributed by atoms with van der Waals surface area (Å²) < 4.78 is 1.14. The Morgan fingerprint density at radius 1 is 1.20 bits per heavy atom. The number of benzene rings is 1. The third-order valence-electron chi connectivity index (χ3n) is 2.38. The molecule has 1 aromatic carbocycles. The Bertz CT molecular complexity index is 297. The molecule has 0 spiro atoms. The lowest BCUT2D eigenvalue weighted by Crippen LogP contribution is -2.38. The van der Waals surface area contributed by atoms with Crippen molar-refractivity contribution >= 4 is 15.9 Å². The minimum atomic E-state index is 0.198. The standard InChI is InChI=1S/C13H20BrN/c1-10(9-15-13(2,3)4)11-5-7-12(14)8-6-11/h5-8,10,15H,9H2,1-4H3. The highest BCUT2D eigenvalue weighted by Gasteiger charge is 2.11. The van der Waals surface area contributed by atoms with Gasteiger partial charge in [-0.15, -0.1) is 0 Å². The predicted octanol–water partition coefficient (Wildman–Crippen LogP) is 3.94. The fourth-order valence-electron chi connectivity index (χ4n) is 1.37. The Morgan fingerprint density at radius 3 is 2.20 bits per heavy atom. The second kappa shape index (κ2) is 5.13. The van der Waals surface area contributed by atoms with Gasteiger partial charge in [-0.3, -0.25) is 0 Å². The Morgan fingerprint density at radius 2 is 1.73 bits per heavy atom. The average molecular weight is 270 g/mol. The highest BCUT2D eigenvalue weighted by atomic mass is 79.9. The molecule has 0 saturated carbocycles. The molecule has 84 valence electrons. The maximum Gasteiger partial charge on any atom is 0.0175 e. The number of nitrogens with one attached hydrogen (secondary N) is 1. The summed E-state index contributed by atoms with van der Waals surface area (Å²) in [6.07, 6.45) is 0. The normalized spacial score (nSPS) is 13.9. The second-order valence-electron chi connectivity index (χ2n) is 5.08. The fraction of sp³-hybridized carbons (Fsp3) is 0.538. The molecular formula is C13H20BrN. The molecule has 0 amide bonds. The lowest BCUT2D eigenvalue weighted by Gasteiger charge is -2.23. The lowest BCUT2D eigenvalue weighted by atomic mass is 9.99. The molecular weight excluding hydrogens is 250 g/mol. The molecule has 0 aliphatic heterocycles. The third-order valence-corrected chi connectivity index (χ3v) is 2.91. The molecule has 1 nitrogen and oxygen atoms in total. The minimum absolute atomic E-state index is 0.198. The van der Waals surface area contributed by atoms with Gasteiger partial charge in [0.05, 0.1) is 0 Å². The first-order valence-electron chi connectivity index (χ1n) is 5.39. The van der Waals surface area contributed by atoms with E-state index in [0.29, 0.717) is 5.92 Å². The monoisotopic (exact) mass is 269 g/mol. The van der Waals surface area contributed by atoms with Crippen molar-refractivity contribution in [1.29, 1.82) is 0 Å². The van der Waals surface area contributed by atoms with Crippen LogP contribution in [0.25, 0.3) is 0 Å². The summed E-state index contributed by atoms with van der Waals surface area (Å²) >= 11 is 3.45. The first kappa shape index (κ1) is 12.7. The maximum atomic E-state index is 3.52. The van der Waals surface area contributed by atoms with Crippen molar-refractivity contribution in [2.24, 2.45) is 0 Å². The van der Waals surface area contributed by atoms with Crippen LogP contribution >= 0.6 is 15.9 Å². The summed E-state index contributed by atoms with van der Waals surface area (Å²) in [6, 6.07) is 8.56. The lowest BCUT2D eigenvalue weighted by molar-refractivity contribution is 0.412. The largest absolute Gasteiger partial charge is 0.311 e. The number of hydrogen-bond acceptors (Lipinski definition) is 1. The van der Waals surface area contributed by atoms with E-state index in [4.69, 9.17) is 0 Å². The molecule has 0 fully saturated rings. The van der Waals surface area contributed by atoms with Gasteiger partial charge in [-0.05, 0) is 44.4 Å². The first-order chi connectivity index (χ1) is 6.88. The van der Waals surface area contributed by atoms with Crippen molar-refractivity contribution in [2.45, 2.75) is 39.2 Å². The van der Waals surface area contributed by atoms with Crippen LogP contribution in [0.15, 0.2) is 28.7 Å². The molecule has 2 heteroatoms. The van der Waals surface area contributed by atoms with Gasteiger partial charge in [0, 0.05) is 16.6 Å². The highest BCUT2D eigenvalue weighted by Crippen LogP contribution is 2.18. The van der Waals surface area contributed by atoms with Crippen LogP contribution in [-0.4, -0.2) is 12.1 Å². The molecule has 0 bridgehead atoms. The molecule has 0 aliphatic carbocycles. The molecule has 1 rings (SSSR count). The molecule has 1 unspecified atom stereocenters. The van der Waals surface area contributed by atoms with Crippen LogP contribution in [0.5, 0.6) is 0 Å². The van der Waals surface area contributed by atoms with E-state index >= 15 is 0 Å². The summed E-state index contributed by atoms with van der Waals surface area (Å²) in [7, 11) is 0. The molecule has 0 radical (unpaired) electrons. The summed E-state index contributed by atoms with van der Waals surface area (Å²) in [5, 5.41) is 3.52. The van der Waals surface area contributed by atoms with Crippen LogP contribution in [-0.2, 0) is 0 Å². The van der Waals surface area contributed by atoms with Crippen LogP contribution in [0.3, 0.4) is 0 Å². The zero-order valence-electron chi connectivity index (χ0n) is 9.97. The minimum Gasteiger partial charge on any atom is -0.311 e. The van der Waals surface area contributed by atoms with Crippen LogP contribution in [0, 0.1) is 0 Å². The third kappa shape index (κ3) is 4.80. The van der Waals surface area contributed by atoms with Crippen molar-refractivity contribution < 1.29 is 0 Å². The molecule has 1 atom stereocenters. The SMILES string of the molecule is CC(CNC(C)(C)C)c1ccc(Br)cc1. The number of hydrogen-bond donors (Lipinski definition) is 1. The summed E-state index contributed by atoms with van der Waals surface area (Å²) in [4.78, 5) is 0. The van der Waals surface area contributed by atoms with Crippen molar-refractivity contribution in [3.8, 4) is 0 Å². The van der Waals surface area contributed by atoms with Crippen LogP contribution in [0.4, 0.5) is 0 Å².